The minimum absolute atomic E-state index is 0.239. The molecule has 86 valence electrons. The van der Waals surface area contributed by atoms with Crippen molar-refractivity contribution in [2.45, 2.75) is 6.92 Å². The number of amides is 1. The second kappa shape index (κ2) is 4.61. The first-order valence-electron chi connectivity index (χ1n) is 4.61. The lowest BCUT2D eigenvalue weighted by atomic mass is 10.1. The van der Waals surface area contributed by atoms with Gasteiger partial charge in [0.1, 0.15) is 12.4 Å². The van der Waals surface area contributed by atoms with Crippen LogP contribution in [0.25, 0.3) is 0 Å². The zero-order valence-electron chi connectivity index (χ0n) is 9.10. The molecule has 0 saturated heterocycles. The van der Waals surface area contributed by atoms with Crippen molar-refractivity contribution in [2.24, 2.45) is 5.73 Å². The smallest absolute Gasteiger partial charge is 0.323 e. The van der Waals surface area contributed by atoms with Gasteiger partial charge in [-0.3, -0.25) is 9.59 Å². The van der Waals surface area contributed by atoms with Crippen molar-refractivity contribution >= 4 is 17.7 Å². The molecular formula is C10H13N3O3. The van der Waals surface area contributed by atoms with E-state index in [-0.39, 0.29) is 17.9 Å². The fraction of sp³-hybridized carbons (Fsp3) is 0.300. The zero-order chi connectivity index (χ0) is 12.3. The summed E-state index contributed by atoms with van der Waals surface area (Å²) in [5.41, 5.74) is 6.16. The van der Waals surface area contributed by atoms with Gasteiger partial charge >= 0.3 is 5.97 Å². The third kappa shape index (κ3) is 2.47. The normalized spacial score (nSPS) is 9.88. The second-order valence-electron chi connectivity index (χ2n) is 3.44. The van der Waals surface area contributed by atoms with E-state index in [9.17, 15) is 9.59 Å². The number of aliphatic carboxylic acids is 1. The lowest BCUT2D eigenvalue weighted by Gasteiger charge is -2.18. The van der Waals surface area contributed by atoms with Gasteiger partial charge in [-0.15, -0.1) is 0 Å². The molecule has 0 atom stereocenters. The van der Waals surface area contributed by atoms with Gasteiger partial charge in [-0.2, -0.15) is 0 Å². The molecule has 0 aliphatic heterocycles. The number of aryl methyl sites for hydroxylation is 1. The van der Waals surface area contributed by atoms with Crippen LogP contribution >= 0.6 is 0 Å². The first-order valence-corrected chi connectivity index (χ1v) is 4.61. The van der Waals surface area contributed by atoms with Gasteiger partial charge in [-0.25, -0.2) is 4.98 Å². The van der Waals surface area contributed by atoms with Crippen molar-refractivity contribution in [1.29, 1.82) is 0 Å². The molecule has 1 aromatic rings. The number of likely N-dealkylation sites (N-methyl/N-ethyl adjacent to an activating group) is 1. The van der Waals surface area contributed by atoms with E-state index in [1.165, 1.54) is 11.1 Å². The number of aromatic nitrogens is 1. The number of hydrogen-bond acceptors (Lipinski definition) is 4. The molecule has 0 aromatic carbocycles. The number of nitrogens with zero attached hydrogens (tertiary/aromatic N) is 2. The van der Waals surface area contributed by atoms with Gasteiger partial charge < -0.3 is 15.7 Å². The van der Waals surface area contributed by atoms with Crippen molar-refractivity contribution in [3.8, 4) is 0 Å². The maximum absolute atomic E-state index is 11.2. The van der Waals surface area contributed by atoms with Gasteiger partial charge in [0.05, 0.1) is 5.56 Å². The summed E-state index contributed by atoms with van der Waals surface area (Å²) in [6, 6.07) is 1.65. The molecule has 1 amide bonds. The fourth-order valence-corrected chi connectivity index (χ4v) is 1.42. The summed E-state index contributed by atoms with van der Waals surface area (Å²) >= 11 is 0. The van der Waals surface area contributed by atoms with Crippen LogP contribution in [0.15, 0.2) is 12.3 Å². The first kappa shape index (κ1) is 12.0. The molecule has 0 radical (unpaired) electrons. The van der Waals surface area contributed by atoms with E-state index in [1.54, 1.807) is 20.0 Å². The average molecular weight is 223 g/mol. The Kier molecular flexibility index (Phi) is 3.44. The molecule has 0 aliphatic rings. The summed E-state index contributed by atoms with van der Waals surface area (Å²) in [5.74, 6) is -1.33. The summed E-state index contributed by atoms with van der Waals surface area (Å²) in [4.78, 5) is 27.2. The van der Waals surface area contributed by atoms with Crippen molar-refractivity contribution < 1.29 is 14.7 Å². The third-order valence-electron chi connectivity index (χ3n) is 2.12. The van der Waals surface area contributed by atoms with Crippen LogP contribution in [0, 0.1) is 6.92 Å². The Morgan fingerprint density at radius 1 is 1.56 bits per heavy atom. The van der Waals surface area contributed by atoms with Gasteiger partial charge in [0.15, 0.2) is 0 Å². The number of carboxylic acids is 1. The van der Waals surface area contributed by atoms with Crippen molar-refractivity contribution in [1.82, 2.24) is 4.98 Å². The second-order valence-corrected chi connectivity index (χ2v) is 3.44. The minimum atomic E-state index is -0.999. The van der Waals surface area contributed by atoms with Crippen LogP contribution in [-0.2, 0) is 4.79 Å². The molecule has 0 fully saturated rings. The van der Waals surface area contributed by atoms with E-state index in [1.807, 2.05) is 0 Å². The number of hydrogen-bond donors (Lipinski definition) is 2. The molecule has 0 bridgehead atoms. The van der Waals surface area contributed by atoms with Crippen LogP contribution in [0.1, 0.15) is 15.9 Å². The van der Waals surface area contributed by atoms with Gasteiger partial charge in [0.2, 0.25) is 0 Å². The standard InChI is InChI=1S/C10H13N3O3/c1-6-3-4-12-10(8(6)9(11)16)13(2)5-7(14)15/h3-4H,5H2,1-2H3,(H2,11,16)(H,14,15). The number of anilines is 1. The van der Waals surface area contributed by atoms with Crippen molar-refractivity contribution in [3.63, 3.8) is 0 Å². The van der Waals surface area contributed by atoms with E-state index in [0.29, 0.717) is 5.56 Å². The zero-order valence-corrected chi connectivity index (χ0v) is 9.10. The molecular weight excluding hydrogens is 210 g/mol. The van der Waals surface area contributed by atoms with Crippen LogP contribution in [0.4, 0.5) is 5.82 Å². The van der Waals surface area contributed by atoms with Crippen LogP contribution in [0.3, 0.4) is 0 Å². The Hall–Kier alpha value is -2.11. The summed E-state index contributed by atoms with van der Waals surface area (Å²) < 4.78 is 0. The molecule has 1 rings (SSSR count). The number of carboxylic acid groups (broad SMARTS) is 1. The first-order chi connectivity index (χ1) is 7.43. The van der Waals surface area contributed by atoms with E-state index in [4.69, 9.17) is 10.8 Å². The molecule has 0 saturated carbocycles. The van der Waals surface area contributed by atoms with Gasteiger partial charge in [-0.1, -0.05) is 0 Å². The monoisotopic (exact) mass is 223 g/mol. The van der Waals surface area contributed by atoms with Crippen molar-refractivity contribution in [3.05, 3.63) is 23.4 Å². The minimum Gasteiger partial charge on any atom is -0.480 e. The SMILES string of the molecule is Cc1ccnc(N(C)CC(=O)O)c1C(N)=O. The highest BCUT2D eigenvalue weighted by Gasteiger charge is 2.17. The summed E-state index contributed by atoms with van der Waals surface area (Å²) in [7, 11) is 1.54. The van der Waals surface area contributed by atoms with Crippen LogP contribution in [0.2, 0.25) is 0 Å². The third-order valence-corrected chi connectivity index (χ3v) is 2.12. The number of rotatable bonds is 4. The Bertz CT molecular complexity index is 431. The van der Waals surface area contributed by atoms with Crippen molar-refractivity contribution in [2.75, 3.05) is 18.5 Å². The Morgan fingerprint density at radius 2 is 2.19 bits per heavy atom. The highest BCUT2D eigenvalue weighted by atomic mass is 16.4. The number of nitrogens with two attached hydrogens (primary N) is 1. The number of carbonyl (C=O) groups excluding carboxylic acids is 1. The summed E-state index contributed by atoms with van der Waals surface area (Å²) in [5, 5.41) is 8.66. The van der Waals surface area contributed by atoms with Gasteiger partial charge in [0.25, 0.3) is 5.91 Å². The molecule has 6 heteroatoms. The van der Waals surface area contributed by atoms with Crippen LogP contribution in [0.5, 0.6) is 0 Å². The maximum atomic E-state index is 11.2. The Morgan fingerprint density at radius 3 is 2.69 bits per heavy atom. The molecule has 3 N–H and O–H groups in total. The van der Waals surface area contributed by atoms with Gasteiger partial charge in [0, 0.05) is 13.2 Å². The van der Waals surface area contributed by atoms with Crippen LogP contribution in [-0.4, -0.2) is 35.6 Å². The van der Waals surface area contributed by atoms with E-state index in [0.717, 1.165) is 0 Å². The van der Waals surface area contributed by atoms with Gasteiger partial charge in [-0.05, 0) is 18.6 Å². The maximum Gasteiger partial charge on any atom is 0.323 e. The number of carbonyl (C=O) groups is 2. The average Bonchev–Trinajstić information content (AvgIpc) is 2.15. The molecule has 0 spiro atoms. The fourth-order valence-electron chi connectivity index (χ4n) is 1.42. The molecule has 0 unspecified atom stereocenters. The molecule has 1 heterocycles. The molecule has 1 aromatic heterocycles. The van der Waals surface area contributed by atoms with E-state index >= 15 is 0 Å². The molecule has 6 nitrogen and oxygen atoms in total. The Balaban J connectivity index is 3.17. The summed E-state index contributed by atoms with van der Waals surface area (Å²) in [6.07, 6.45) is 1.51. The lowest BCUT2D eigenvalue weighted by Crippen LogP contribution is -2.29. The molecule has 0 aliphatic carbocycles. The predicted octanol–water partition coefficient (Wildman–Crippen LogP) is 0.00972. The van der Waals surface area contributed by atoms with Crippen LogP contribution < -0.4 is 10.6 Å². The molecule has 16 heavy (non-hydrogen) atoms. The highest BCUT2D eigenvalue weighted by molar-refractivity contribution is 5.99. The van der Waals surface area contributed by atoms with E-state index < -0.39 is 11.9 Å². The lowest BCUT2D eigenvalue weighted by molar-refractivity contribution is -0.135. The highest BCUT2D eigenvalue weighted by Crippen LogP contribution is 2.18. The number of primary amides is 1. The largest absolute Gasteiger partial charge is 0.480 e. The number of pyridine rings is 1. The quantitative estimate of drug-likeness (QED) is 0.749. The Labute approximate surface area is 92.7 Å². The van der Waals surface area contributed by atoms with E-state index in [2.05, 4.69) is 4.98 Å². The predicted molar refractivity (Wildman–Crippen MR) is 58.4 cm³/mol. The summed E-state index contributed by atoms with van der Waals surface area (Å²) in [6.45, 7) is 1.48. The topological polar surface area (TPSA) is 96.5 Å².